The van der Waals surface area contributed by atoms with Crippen LogP contribution in [0.2, 0.25) is 0 Å². The lowest BCUT2D eigenvalue weighted by molar-refractivity contribution is -0.116. The number of rotatable bonds is 5. The normalized spacial score (nSPS) is 15.8. The van der Waals surface area contributed by atoms with Crippen LogP contribution in [0.5, 0.6) is 0 Å². The predicted octanol–water partition coefficient (Wildman–Crippen LogP) is 3.56. The van der Waals surface area contributed by atoms with Gasteiger partial charge in [0.25, 0.3) is 0 Å². The van der Waals surface area contributed by atoms with E-state index in [-0.39, 0.29) is 5.91 Å². The SMILES string of the molecule is CCCCC(C)Nc1ccc2c(c1)CCC(=O)N2. The van der Waals surface area contributed by atoms with Gasteiger partial charge >= 0.3 is 0 Å². The van der Waals surface area contributed by atoms with Crippen LogP contribution in [0, 0.1) is 0 Å². The van der Waals surface area contributed by atoms with Crippen LogP contribution >= 0.6 is 0 Å². The van der Waals surface area contributed by atoms with Gasteiger partial charge in [-0.05, 0) is 43.5 Å². The zero-order valence-corrected chi connectivity index (χ0v) is 11.3. The van der Waals surface area contributed by atoms with Crippen LogP contribution in [0.15, 0.2) is 18.2 Å². The molecular weight excluding hydrogens is 224 g/mol. The van der Waals surface area contributed by atoms with E-state index in [1.165, 1.54) is 24.8 Å². The maximum atomic E-state index is 11.3. The van der Waals surface area contributed by atoms with E-state index in [1.54, 1.807) is 0 Å². The molecule has 1 aromatic carbocycles. The Hall–Kier alpha value is -1.51. The van der Waals surface area contributed by atoms with E-state index >= 15 is 0 Å². The van der Waals surface area contributed by atoms with Crippen LogP contribution in [0.25, 0.3) is 0 Å². The molecule has 18 heavy (non-hydrogen) atoms. The zero-order chi connectivity index (χ0) is 13.0. The Labute approximate surface area is 109 Å². The molecule has 1 atom stereocenters. The number of hydrogen-bond donors (Lipinski definition) is 2. The molecule has 0 spiro atoms. The van der Waals surface area contributed by atoms with Gasteiger partial charge in [-0.2, -0.15) is 0 Å². The van der Waals surface area contributed by atoms with Crippen molar-refractivity contribution in [2.75, 3.05) is 10.6 Å². The summed E-state index contributed by atoms with van der Waals surface area (Å²) in [6.45, 7) is 4.44. The molecule has 98 valence electrons. The number of carbonyl (C=O) groups excluding carboxylic acids is 1. The lowest BCUT2D eigenvalue weighted by Crippen LogP contribution is -2.20. The Kier molecular flexibility index (Phi) is 4.24. The zero-order valence-electron chi connectivity index (χ0n) is 11.3. The highest BCUT2D eigenvalue weighted by Gasteiger charge is 2.14. The molecular formula is C15H22N2O. The second-order valence-electron chi connectivity index (χ2n) is 5.11. The molecule has 1 heterocycles. The van der Waals surface area contributed by atoms with E-state index in [2.05, 4.69) is 30.5 Å². The van der Waals surface area contributed by atoms with Crippen molar-refractivity contribution in [3.05, 3.63) is 23.8 Å². The quantitative estimate of drug-likeness (QED) is 0.834. The van der Waals surface area contributed by atoms with E-state index in [0.29, 0.717) is 12.5 Å². The molecule has 2 N–H and O–H groups in total. The third-order valence-corrected chi connectivity index (χ3v) is 3.40. The lowest BCUT2D eigenvalue weighted by atomic mass is 10.0. The minimum absolute atomic E-state index is 0.125. The van der Waals surface area contributed by atoms with Crippen LogP contribution in [0.3, 0.4) is 0 Å². The molecule has 2 rings (SSSR count). The Morgan fingerprint density at radius 1 is 1.39 bits per heavy atom. The summed E-state index contributed by atoms with van der Waals surface area (Å²) < 4.78 is 0. The van der Waals surface area contributed by atoms with Gasteiger partial charge in [0.05, 0.1) is 0 Å². The topological polar surface area (TPSA) is 41.1 Å². The number of amides is 1. The second-order valence-corrected chi connectivity index (χ2v) is 5.11. The number of fused-ring (bicyclic) bond motifs is 1. The van der Waals surface area contributed by atoms with Crippen molar-refractivity contribution in [1.82, 2.24) is 0 Å². The van der Waals surface area contributed by atoms with Crippen molar-refractivity contribution in [2.24, 2.45) is 0 Å². The summed E-state index contributed by atoms with van der Waals surface area (Å²) in [5.41, 5.74) is 3.37. The summed E-state index contributed by atoms with van der Waals surface area (Å²) in [4.78, 5) is 11.3. The molecule has 1 unspecified atom stereocenters. The summed E-state index contributed by atoms with van der Waals surface area (Å²) in [5.74, 6) is 0.125. The second kappa shape index (κ2) is 5.89. The summed E-state index contributed by atoms with van der Waals surface area (Å²) in [6.07, 6.45) is 5.14. The highest BCUT2D eigenvalue weighted by atomic mass is 16.1. The number of aryl methyl sites for hydroxylation is 1. The fraction of sp³-hybridized carbons (Fsp3) is 0.533. The van der Waals surface area contributed by atoms with Gasteiger partial charge in [-0.3, -0.25) is 4.79 Å². The van der Waals surface area contributed by atoms with E-state index in [9.17, 15) is 4.79 Å². The molecule has 0 radical (unpaired) electrons. The average molecular weight is 246 g/mol. The predicted molar refractivity (Wildman–Crippen MR) is 76.0 cm³/mol. The fourth-order valence-electron chi connectivity index (χ4n) is 2.34. The van der Waals surface area contributed by atoms with Gasteiger partial charge in [-0.1, -0.05) is 19.8 Å². The third kappa shape index (κ3) is 3.25. The van der Waals surface area contributed by atoms with Crippen LogP contribution in [0.1, 0.15) is 45.1 Å². The van der Waals surface area contributed by atoms with Gasteiger partial charge in [-0.25, -0.2) is 0 Å². The average Bonchev–Trinajstić information content (AvgIpc) is 2.36. The van der Waals surface area contributed by atoms with Crippen LogP contribution in [0.4, 0.5) is 11.4 Å². The molecule has 1 aliphatic heterocycles. The molecule has 0 aromatic heterocycles. The van der Waals surface area contributed by atoms with Crippen molar-refractivity contribution in [1.29, 1.82) is 0 Å². The number of unbranched alkanes of at least 4 members (excludes halogenated alkanes) is 1. The molecule has 3 nitrogen and oxygen atoms in total. The minimum Gasteiger partial charge on any atom is -0.383 e. The molecule has 0 bridgehead atoms. The van der Waals surface area contributed by atoms with E-state index in [1.807, 2.05) is 12.1 Å². The number of carbonyl (C=O) groups is 1. The maximum absolute atomic E-state index is 11.3. The highest BCUT2D eigenvalue weighted by Crippen LogP contribution is 2.26. The summed E-state index contributed by atoms with van der Waals surface area (Å²) in [5, 5.41) is 6.43. The standard InChI is InChI=1S/C15H22N2O/c1-3-4-5-11(2)16-13-7-8-14-12(10-13)6-9-15(18)17-14/h7-8,10-11,16H,3-6,9H2,1-2H3,(H,17,18). The molecule has 1 amide bonds. The van der Waals surface area contributed by atoms with Gasteiger partial charge in [-0.15, -0.1) is 0 Å². The van der Waals surface area contributed by atoms with Crippen LogP contribution in [-0.4, -0.2) is 11.9 Å². The molecule has 0 saturated carbocycles. The van der Waals surface area contributed by atoms with Crippen molar-refractivity contribution in [3.8, 4) is 0 Å². The van der Waals surface area contributed by atoms with E-state index < -0.39 is 0 Å². The van der Waals surface area contributed by atoms with Gasteiger partial charge in [0.1, 0.15) is 0 Å². The van der Waals surface area contributed by atoms with Crippen molar-refractivity contribution >= 4 is 17.3 Å². The molecule has 1 aromatic rings. The number of nitrogens with one attached hydrogen (secondary N) is 2. The maximum Gasteiger partial charge on any atom is 0.224 e. The molecule has 0 saturated heterocycles. The number of hydrogen-bond acceptors (Lipinski definition) is 2. The molecule has 3 heteroatoms. The van der Waals surface area contributed by atoms with E-state index in [0.717, 1.165) is 17.8 Å². The van der Waals surface area contributed by atoms with Gasteiger partial charge in [0.15, 0.2) is 0 Å². The highest BCUT2D eigenvalue weighted by molar-refractivity contribution is 5.94. The van der Waals surface area contributed by atoms with E-state index in [4.69, 9.17) is 0 Å². The lowest BCUT2D eigenvalue weighted by Gasteiger charge is -2.20. The Morgan fingerprint density at radius 2 is 2.22 bits per heavy atom. The molecule has 0 aliphatic carbocycles. The van der Waals surface area contributed by atoms with Gasteiger partial charge in [0.2, 0.25) is 5.91 Å². The largest absolute Gasteiger partial charge is 0.383 e. The minimum atomic E-state index is 0.125. The fourth-order valence-corrected chi connectivity index (χ4v) is 2.34. The third-order valence-electron chi connectivity index (χ3n) is 3.40. The summed E-state index contributed by atoms with van der Waals surface area (Å²) in [6, 6.07) is 6.71. The van der Waals surface area contributed by atoms with Crippen molar-refractivity contribution in [2.45, 2.75) is 52.0 Å². The Balaban J connectivity index is 2.00. The first-order chi connectivity index (χ1) is 8.69. The molecule has 0 fully saturated rings. The van der Waals surface area contributed by atoms with Crippen LogP contribution < -0.4 is 10.6 Å². The van der Waals surface area contributed by atoms with Gasteiger partial charge in [0, 0.05) is 23.8 Å². The smallest absolute Gasteiger partial charge is 0.224 e. The first-order valence-electron chi connectivity index (χ1n) is 6.88. The Bertz CT molecular complexity index is 429. The van der Waals surface area contributed by atoms with Gasteiger partial charge < -0.3 is 10.6 Å². The first-order valence-corrected chi connectivity index (χ1v) is 6.88. The molecule has 1 aliphatic rings. The monoisotopic (exact) mass is 246 g/mol. The Morgan fingerprint density at radius 3 is 3.00 bits per heavy atom. The summed E-state index contributed by atoms with van der Waals surface area (Å²) in [7, 11) is 0. The van der Waals surface area contributed by atoms with Crippen molar-refractivity contribution in [3.63, 3.8) is 0 Å². The number of benzene rings is 1. The van der Waals surface area contributed by atoms with Crippen molar-refractivity contribution < 1.29 is 4.79 Å². The summed E-state index contributed by atoms with van der Waals surface area (Å²) >= 11 is 0. The van der Waals surface area contributed by atoms with Crippen LogP contribution in [-0.2, 0) is 11.2 Å². The number of anilines is 2. The first kappa shape index (κ1) is 12.9.